The lowest BCUT2D eigenvalue weighted by Gasteiger charge is -2.37. The van der Waals surface area contributed by atoms with E-state index in [0.29, 0.717) is 13.1 Å². The summed E-state index contributed by atoms with van der Waals surface area (Å²) in [6.07, 6.45) is 0. The summed E-state index contributed by atoms with van der Waals surface area (Å²) in [6.45, 7) is 2.53. The van der Waals surface area contributed by atoms with E-state index < -0.39 is 16.1 Å². The van der Waals surface area contributed by atoms with E-state index in [1.807, 2.05) is 6.92 Å². The van der Waals surface area contributed by atoms with E-state index in [1.165, 1.54) is 4.90 Å². The topological polar surface area (TPSA) is 92.5 Å². The van der Waals surface area contributed by atoms with Crippen LogP contribution in [0.1, 0.15) is 5.56 Å². The highest BCUT2D eigenvalue weighted by atomic mass is 32.2. The molecule has 2 rings (SSSR count). The van der Waals surface area contributed by atoms with Crippen molar-refractivity contribution < 1.29 is 13.2 Å². The van der Waals surface area contributed by atoms with Crippen LogP contribution in [0.2, 0.25) is 0 Å². The van der Waals surface area contributed by atoms with Gasteiger partial charge in [0.15, 0.2) is 0 Å². The average molecular weight is 269 g/mol. The second-order valence-corrected chi connectivity index (χ2v) is 6.09. The van der Waals surface area contributed by atoms with Gasteiger partial charge in [0.1, 0.15) is 0 Å². The Morgan fingerprint density at radius 1 is 1.33 bits per heavy atom. The predicted octanol–water partition coefficient (Wildman–Crippen LogP) is 0.0362. The monoisotopic (exact) mass is 269 g/mol. The summed E-state index contributed by atoms with van der Waals surface area (Å²) in [7, 11) is -3.52. The normalized spacial score (nSPS) is 16.4. The van der Waals surface area contributed by atoms with Crippen LogP contribution < -0.4 is 10.5 Å². The average Bonchev–Trinajstić information content (AvgIpc) is 2.23. The first-order chi connectivity index (χ1) is 8.38. The lowest BCUT2D eigenvalue weighted by atomic mass is 10.1. The molecule has 1 heterocycles. The molecular weight excluding hydrogens is 254 g/mol. The van der Waals surface area contributed by atoms with Crippen molar-refractivity contribution in [3.8, 4) is 0 Å². The van der Waals surface area contributed by atoms with Gasteiger partial charge >= 0.3 is 6.03 Å². The lowest BCUT2D eigenvalue weighted by Crippen LogP contribution is -2.62. The van der Waals surface area contributed by atoms with Crippen molar-refractivity contribution >= 4 is 16.1 Å². The fraction of sp³-hybridized carbons (Fsp3) is 0.364. The molecule has 0 aromatic heterocycles. The largest absolute Gasteiger partial charge is 0.351 e. The molecular formula is C11H15N3O3S. The van der Waals surface area contributed by atoms with Gasteiger partial charge in [-0.1, -0.05) is 17.7 Å². The van der Waals surface area contributed by atoms with E-state index >= 15 is 0 Å². The number of carbonyl (C=O) groups excluding carboxylic acids is 1. The zero-order valence-corrected chi connectivity index (χ0v) is 10.8. The van der Waals surface area contributed by atoms with Crippen LogP contribution in [0.4, 0.5) is 4.79 Å². The summed E-state index contributed by atoms with van der Waals surface area (Å²) in [5.41, 5.74) is 6.06. The van der Waals surface area contributed by atoms with Crippen LogP contribution in [-0.2, 0) is 10.0 Å². The number of aryl methyl sites for hydroxylation is 1. The van der Waals surface area contributed by atoms with Gasteiger partial charge in [0, 0.05) is 13.1 Å². The molecule has 3 N–H and O–H groups in total. The van der Waals surface area contributed by atoms with E-state index in [9.17, 15) is 13.2 Å². The predicted molar refractivity (Wildman–Crippen MR) is 66.4 cm³/mol. The molecule has 1 fully saturated rings. The highest BCUT2D eigenvalue weighted by molar-refractivity contribution is 7.89. The van der Waals surface area contributed by atoms with Crippen molar-refractivity contribution in [1.29, 1.82) is 0 Å². The zero-order chi connectivity index (χ0) is 13.3. The molecule has 6 nitrogen and oxygen atoms in total. The Hall–Kier alpha value is -1.60. The first kappa shape index (κ1) is 12.8. The number of hydrogen-bond acceptors (Lipinski definition) is 3. The second-order valence-electron chi connectivity index (χ2n) is 4.37. The number of benzene rings is 1. The molecule has 0 atom stereocenters. The minimum atomic E-state index is -3.52. The highest BCUT2D eigenvalue weighted by Gasteiger charge is 2.32. The molecule has 1 aliphatic rings. The van der Waals surface area contributed by atoms with Gasteiger partial charge in [-0.05, 0) is 19.1 Å². The van der Waals surface area contributed by atoms with Gasteiger partial charge in [0.2, 0.25) is 10.0 Å². The minimum absolute atomic E-state index is 0.227. The van der Waals surface area contributed by atoms with Crippen molar-refractivity contribution in [1.82, 2.24) is 9.62 Å². The molecule has 98 valence electrons. The molecule has 0 aliphatic carbocycles. The maximum Gasteiger partial charge on any atom is 0.314 e. The number of nitrogens with one attached hydrogen (secondary N) is 1. The number of urea groups is 1. The Bertz CT molecular complexity index is 547. The van der Waals surface area contributed by atoms with Gasteiger partial charge in [-0.3, -0.25) is 0 Å². The van der Waals surface area contributed by atoms with E-state index in [4.69, 9.17) is 5.73 Å². The molecule has 1 aliphatic heterocycles. The van der Waals surface area contributed by atoms with Crippen LogP contribution in [0.15, 0.2) is 29.2 Å². The summed E-state index contributed by atoms with van der Waals surface area (Å²) in [4.78, 5) is 12.4. The van der Waals surface area contributed by atoms with Gasteiger partial charge in [-0.15, -0.1) is 0 Å². The molecule has 18 heavy (non-hydrogen) atoms. The number of rotatable bonds is 3. The number of sulfonamides is 1. The Kier molecular flexibility index (Phi) is 3.27. The van der Waals surface area contributed by atoms with Gasteiger partial charge in [-0.2, -0.15) is 0 Å². The quantitative estimate of drug-likeness (QED) is 0.811. The molecule has 1 aromatic rings. The number of nitrogens with two attached hydrogens (primary N) is 1. The molecule has 0 bridgehead atoms. The highest BCUT2D eigenvalue weighted by Crippen LogP contribution is 2.14. The lowest BCUT2D eigenvalue weighted by molar-refractivity contribution is 0.155. The summed E-state index contributed by atoms with van der Waals surface area (Å²) in [6, 6.07) is 5.81. The van der Waals surface area contributed by atoms with Gasteiger partial charge in [0.05, 0.1) is 10.9 Å². The van der Waals surface area contributed by atoms with E-state index in [1.54, 1.807) is 24.3 Å². The second kappa shape index (κ2) is 4.58. The molecule has 2 amide bonds. The molecule has 0 radical (unpaired) electrons. The van der Waals surface area contributed by atoms with Gasteiger partial charge < -0.3 is 10.6 Å². The third-order valence-electron chi connectivity index (χ3n) is 2.85. The van der Waals surface area contributed by atoms with Crippen LogP contribution >= 0.6 is 0 Å². The fourth-order valence-corrected chi connectivity index (χ4v) is 2.96. The van der Waals surface area contributed by atoms with E-state index in [-0.39, 0.29) is 10.9 Å². The van der Waals surface area contributed by atoms with Gasteiger partial charge in [0.25, 0.3) is 0 Å². The summed E-state index contributed by atoms with van der Waals surface area (Å²) < 4.78 is 26.5. The summed E-state index contributed by atoms with van der Waals surface area (Å²) >= 11 is 0. The molecule has 0 saturated carbocycles. The first-order valence-corrected chi connectivity index (χ1v) is 7.00. The van der Waals surface area contributed by atoms with Crippen molar-refractivity contribution in [3.05, 3.63) is 29.8 Å². The van der Waals surface area contributed by atoms with Crippen LogP contribution in [0.3, 0.4) is 0 Å². The molecule has 7 heteroatoms. The number of nitrogens with zero attached hydrogens (tertiary/aromatic N) is 1. The fourth-order valence-electron chi connectivity index (χ4n) is 1.74. The van der Waals surface area contributed by atoms with Crippen molar-refractivity contribution in [2.24, 2.45) is 5.73 Å². The van der Waals surface area contributed by atoms with Crippen LogP contribution in [0.5, 0.6) is 0 Å². The maximum atomic E-state index is 12.0. The Labute approximate surface area is 106 Å². The standard InChI is InChI=1S/C11H15N3O3S/c1-8-2-4-10(5-3-8)18(16,17)13-9-6-14(7-9)11(12)15/h2-5,9,13H,6-7H2,1H3,(H2,12,15). The van der Waals surface area contributed by atoms with Crippen molar-refractivity contribution in [2.75, 3.05) is 13.1 Å². The Balaban J connectivity index is 2.01. The van der Waals surface area contributed by atoms with Crippen LogP contribution in [-0.4, -0.2) is 38.5 Å². The van der Waals surface area contributed by atoms with Crippen LogP contribution in [0.25, 0.3) is 0 Å². The summed E-state index contributed by atoms with van der Waals surface area (Å²) in [5, 5.41) is 0. The van der Waals surface area contributed by atoms with E-state index in [0.717, 1.165) is 5.56 Å². The molecule has 0 spiro atoms. The SMILES string of the molecule is Cc1ccc(S(=O)(=O)NC2CN(C(N)=O)C2)cc1. The minimum Gasteiger partial charge on any atom is -0.351 e. The summed E-state index contributed by atoms with van der Waals surface area (Å²) in [5.74, 6) is 0. The van der Waals surface area contributed by atoms with E-state index in [2.05, 4.69) is 4.72 Å². The van der Waals surface area contributed by atoms with Crippen molar-refractivity contribution in [3.63, 3.8) is 0 Å². The Morgan fingerprint density at radius 3 is 2.39 bits per heavy atom. The molecule has 1 aromatic carbocycles. The smallest absolute Gasteiger partial charge is 0.314 e. The van der Waals surface area contributed by atoms with Gasteiger partial charge in [-0.25, -0.2) is 17.9 Å². The number of amides is 2. The number of likely N-dealkylation sites (tertiary alicyclic amines) is 1. The third-order valence-corrected chi connectivity index (χ3v) is 4.38. The number of carbonyl (C=O) groups is 1. The maximum absolute atomic E-state index is 12.0. The number of primary amides is 1. The molecule has 0 unspecified atom stereocenters. The molecule has 1 saturated heterocycles. The first-order valence-electron chi connectivity index (χ1n) is 5.52. The van der Waals surface area contributed by atoms with Crippen molar-refractivity contribution in [2.45, 2.75) is 17.9 Å². The zero-order valence-electron chi connectivity index (χ0n) is 9.96. The van der Waals surface area contributed by atoms with Crippen LogP contribution in [0, 0.1) is 6.92 Å². The number of hydrogen-bond donors (Lipinski definition) is 2. The Morgan fingerprint density at radius 2 is 1.89 bits per heavy atom. The third kappa shape index (κ3) is 2.62.